The molecule has 0 fully saturated rings. The van der Waals surface area contributed by atoms with Crippen LogP contribution in [0, 0.1) is 5.82 Å². The lowest BCUT2D eigenvalue weighted by molar-refractivity contribution is 0.356. The van der Waals surface area contributed by atoms with E-state index in [2.05, 4.69) is 4.72 Å². The summed E-state index contributed by atoms with van der Waals surface area (Å²) in [5.74, 6) is -0.789. The first kappa shape index (κ1) is 21.2. The zero-order valence-corrected chi connectivity index (χ0v) is 18.4. The fraction of sp³-hybridized carbons (Fsp3) is 0.211. The average molecular weight is 491 g/mol. The molecule has 0 aliphatic carbocycles. The van der Waals surface area contributed by atoms with Crippen LogP contribution in [0.5, 0.6) is 0 Å². The predicted octanol–water partition coefficient (Wildman–Crippen LogP) is 5.01. The maximum atomic E-state index is 14.8. The van der Waals surface area contributed by atoms with Gasteiger partial charge in [-0.1, -0.05) is 46.9 Å². The van der Waals surface area contributed by atoms with Crippen molar-refractivity contribution < 1.29 is 12.8 Å². The average Bonchev–Trinajstić information content (AvgIpc) is 2.95. The molecule has 30 heavy (non-hydrogen) atoms. The van der Waals surface area contributed by atoms with Crippen LogP contribution < -0.4 is 10.3 Å². The van der Waals surface area contributed by atoms with Crippen LogP contribution in [0.25, 0.3) is 11.1 Å². The largest absolute Gasteiger partial charge is 0.278 e. The van der Waals surface area contributed by atoms with Gasteiger partial charge in [0.15, 0.2) is 0 Å². The summed E-state index contributed by atoms with van der Waals surface area (Å²) in [6.45, 7) is 1.01. The molecule has 1 aromatic heterocycles. The van der Waals surface area contributed by atoms with E-state index in [4.69, 9.17) is 34.8 Å². The molecule has 0 bridgehead atoms. The van der Waals surface area contributed by atoms with Crippen LogP contribution in [-0.2, 0) is 23.1 Å². The second-order valence-electron chi connectivity index (χ2n) is 6.77. The van der Waals surface area contributed by atoms with Gasteiger partial charge in [-0.3, -0.25) is 14.2 Å². The number of fused-ring (bicyclic) bond motifs is 1. The molecule has 0 atom stereocenters. The van der Waals surface area contributed by atoms with Crippen molar-refractivity contribution in [3.63, 3.8) is 0 Å². The van der Waals surface area contributed by atoms with E-state index in [9.17, 15) is 17.6 Å². The number of aromatic nitrogens is 2. The molecule has 158 valence electrons. The van der Waals surface area contributed by atoms with Gasteiger partial charge in [-0.25, -0.2) is 17.5 Å². The molecule has 0 spiro atoms. The number of sulfonamides is 1. The van der Waals surface area contributed by atoms with E-state index in [0.717, 1.165) is 18.9 Å². The highest BCUT2D eigenvalue weighted by atomic mass is 35.5. The first-order valence-electron chi connectivity index (χ1n) is 8.96. The smallest absolute Gasteiger partial charge is 0.276 e. The molecule has 4 rings (SSSR count). The Morgan fingerprint density at radius 2 is 1.63 bits per heavy atom. The molecule has 1 aliphatic heterocycles. The Morgan fingerprint density at radius 3 is 2.30 bits per heavy atom. The summed E-state index contributed by atoms with van der Waals surface area (Å²) < 4.78 is 45.6. The Balaban J connectivity index is 1.83. The van der Waals surface area contributed by atoms with Crippen molar-refractivity contribution in [1.29, 1.82) is 0 Å². The van der Waals surface area contributed by atoms with Gasteiger partial charge in [-0.05, 0) is 37.1 Å². The first-order valence-corrected chi connectivity index (χ1v) is 11.6. The Kier molecular flexibility index (Phi) is 5.61. The summed E-state index contributed by atoms with van der Waals surface area (Å²) in [4.78, 5) is 12.7. The van der Waals surface area contributed by atoms with Gasteiger partial charge in [-0.2, -0.15) is 0 Å². The molecule has 1 N–H and O–H groups in total. The lowest BCUT2D eigenvalue weighted by Gasteiger charge is -2.17. The normalized spacial score (nSPS) is 13.9. The lowest BCUT2D eigenvalue weighted by atomic mass is 10.1. The standard InChI is InChI=1S/C19H15Cl3FN3O3S/c20-12-5-1-2-6-16(12)30(28,29)24-15-9-11(14(23)10-13(15)21)17-18(22)25-7-3-4-8-26(25)19(17)27/h1-2,5-6,9-10,24H,3-4,7-8H2. The summed E-state index contributed by atoms with van der Waals surface area (Å²) >= 11 is 18.5. The van der Waals surface area contributed by atoms with E-state index in [1.807, 2.05) is 0 Å². The lowest BCUT2D eigenvalue weighted by Crippen LogP contribution is -2.27. The molecule has 11 heteroatoms. The number of anilines is 1. The molecule has 0 unspecified atom stereocenters. The summed E-state index contributed by atoms with van der Waals surface area (Å²) in [5.41, 5.74) is -0.718. The number of rotatable bonds is 4. The summed E-state index contributed by atoms with van der Waals surface area (Å²) in [5, 5.41) is -0.0576. The van der Waals surface area contributed by atoms with Gasteiger partial charge in [0.2, 0.25) is 0 Å². The molecule has 0 saturated carbocycles. The fourth-order valence-corrected chi connectivity index (χ4v) is 5.64. The zero-order chi connectivity index (χ0) is 21.6. The second-order valence-corrected chi connectivity index (χ2v) is 9.60. The van der Waals surface area contributed by atoms with E-state index < -0.39 is 21.4 Å². The maximum absolute atomic E-state index is 14.8. The van der Waals surface area contributed by atoms with E-state index >= 15 is 0 Å². The minimum absolute atomic E-state index is 0.0184. The number of nitrogens with one attached hydrogen (secondary N) is 1. The third kappa shape index (κ3) is 3.62. The number of hydrogen-bond donors (Lipinski definition) is 1. The van der Waals surface area contributed by atoms with Gasteiger partial charge in [0.1, 0.15) is 15.9 Å². The fourth-order valence-electron chi connectivity index (χ4n) is 3.43. The van der Waals surface area contributed by atoms with E-state index in [1.165, 1.54) is 28.9 Å². The molecule has 3 aromatic rings. The van der Waals surface area contributed by atoms with Gasteiger partial charge in [0, 0.05) is 18.7 Å². The minimum Gasteiger partial charge on any atom is -0.278 e. The van der Waals surface area contributed by atoms with Gasteiger partial charge < -0.3 is 0 Å². The van der Waals surface area contributed by atoms with Crippen molar-refractivity contribution in [3.8, 4) is 11.1 Å². The van der Waals surface area contributed by atoms with Crippen molar-refractivity contribution in [2.75, 3.05) is 4.72 Å². The molecule has 1 aliphatic rings. The van der Waals surface area contributed by atoms with Crippen molar-refractivity contribution in [1.82, 2.24) is 9.36 Å². The van der Waals surface area contributed by atoms with Gasteiger partial charge in [0.25, 0.3) is 15.6 Å². The number of nitrogens with zero attached hydrogens (tertiary/aromatic N) is 2. The van der Waals surface area contributed by atoms with Crippen LogP contribution in [0.15, 0.2) is 46.1 Å². The van der Waals surface area contributed by atoms with Crippen LogP contribution in [0.1, 0.15) is 12.8 Å². The highest BCUT2D eigenvalue weighted by Crippen LogP contribution is 2.36. The number of halogens is 4. The van der Waals surface area contributed by atoms with Crippen LogP contribution in [0.2, 0.25) is 15.2 Å². The Labute approximate surface area is 186 Å². The Morgan fingerprint density at radius 1 is 0.967 bits per heavy atom. The van der Waals surface area contributed by atoms with Crippen molar-refractivity contribution in [3.05, 3.63) is 67.8 Å². The molecular formula is C19H15Cl3FN3O3S. The van der Waals surface area contributed by atoms with Crippen molar-refractivity contribution >= 4 is 50.5 Å². The SMILES string of the molecule is O=c1c(-c2cc(NS(=O)(=O)c3ccccc3Cl)c(Cl)cc2F)c(Cl)n2n1CCCC2. The highest BCUT2D eigenvalue weighted by molar-refractivity contribution is 7.92. The molecule has 6 nitrogen and oxygen atoms in total. The topological polar surface area (TPSA) is 73.1 Å². The number of benzene rings is 2. The van der Waals surface area contributed by atoms with Crippen LogP contribution in [0.3, 0.4) is 0 Å². The molecular weight excluding hydrogens is 476 g/mol. The van der Waals surface area contributed by atoms with Crippen LogP contribution in [-0.4, -0.2) is 17.8 Å². The van der Waals surface area contributed by atoms with E-state index in [0.29, 0.717) is 13.1 Å². The zero-order valence-electron chi connectivity index (χ0n) is 15.3. The number of hydrogen-bond acceptors (Lipinski definition) is 3. The van der Waals surface area contributed by atoms with Crippen molar-refractivity contribution in [2.45, 2.75) is 30.8 Å². The summed E-state index contributed by atoms with van der Waals surface area (Å²) in [7, 11) is -4.11. The quantitative estimate of drug-likeness (QED) is 0.559. The Hall–Kier alpha value is -2.00. The van der Waals surface area contributed by atoms with E-state index in [-0.39, 0.29) is 36.9 Å². The maximum Gasteiger partial charge on any atom is 0.276 e. The minimum atomic E-state index is -4.11. The molecule has 0 amide bonds. The highest BCUT2D eigenvalue weighted by Gasteiger charge is 2.26. The molecule has 0 saturated heterocycles. The molecule has 2 aromatic carbocycles. The van der Waals surface area contributed by atoms with Gasteiger partial charge in [0.05, 0.1) is 21.3 Å². The van der Waals surface area contributed by atoms with Gasteiger partial charge in [-0.15, -0.1) is 0 Å². The predicted molar refractivity (Wildman–Crippen MR) is 116 cm³/mol. The third-order valence-electron chi connectivity index (χ3n) is 4.86. The first-order chi connectivity index (χ1) is 14.2. The third-order valence-corrected chi connectivity index (χ3v) is 7.42. The molecule has 2 heterocycles. The Bertz CT molecular complexity index is 1320. The van der Waals surface area contributed by atoms with Crippen LogP contribution >= 0.6 is 34.8 Å². The monoisotopic (exact) mass is 489 g/mol. The van der Waals surface area contributed by atoms with Crippen LogP contribution in [0.4, 0.5) is 10.1 Å². The van der Waals surface area contributed by atoms with Crippen molar-refractivity contribution in [2.24, 2.45) is 0 Å². The summed E-state index contributed by atoms with van der Waals surface area (Å²) in [6.07, 6.45) is 1.66. The second kappa shape index (κ2) is 7.92. The van der Waals surface area contributed by atoms with Gasteiger partial charge >= 0.3 is 0 Å². The molecule has 0 radical (unpaired) electrons. The summed E-state index contributed by atoms with van der Waals surface area (Å²) in [6, 6.07) is 7.98. The van der Waals surface area contributed by atoms with E-state index in [1.54, 1.807) is 10.7 Å².